The van der Waals surface area contributed by atoms with Gasteiger partial charge in [-0.2, -0.15) is 0 Å². The van der Waals surface area contributed by atoms with Gasteiger partial charge in [-0.3, -0.25) is 4.79 Å². The number of nitrogens with one attached hydrogen (secondary N) is 1. The number of aromatic nitrogens is 1. The summed E-state index contributed by atoms with van der Waals surface area (Å²) in [5, 5.41) is 3.65. The van der Waals surface area contributed by atoms with E-state index in [2.05, 4.69) is 56.0 Å². The molecule has 0 aliphatic carbocycles. The van der Waals surface area contributed by atoms with Crippen molar-refractivity contribution in [1.29, 1.82) is 0 Å². The molecule has 0 spiro atoms. The molecule has 33 heavy (non-hydrogen) atoms. The summed E-state index contributed by atoms with van der Waals surface area (Å²) in [5.74, 6) is 0.149. The molecule has 2 aliphatic rings. The Labute approximate surface area is 196 Å². The number of carbonyl (C=O) groups excluding carboxylic acids is 1. The number of rotatable bonds is 6. The molecule has 4 rings (SSSR count). The third-order valence-corrected chi connectivity index (χ3v) is 11.6. The van der Waals surface area contributed by atoms with Gasteiger partial charge in [0.2, 0.25) is 5.88 Å². The zero-order chi connectivity index (χ0) is 24.0. The molecule has 3 unspecified atom stereocenters. The molecular formula is C25H34FN3O3Si. The third-order valence-electron chi connectivity index (χ3n) is 7.13. The zero-order valence-corrected chi connectivity index (χ0v) is 21.3. The van der Waals surface area contributed by atoms with Crippen molar-refractivity contribution in [2.45, 2.75) is 77.2 Å². The van der Waals surface area contributed by atoms with Gasteiger partial charge in [0.05, 0.1) is 11.7 Å². The summed E-state index contributed by atoms with van der Waals surface area (Å²) in [6.07, 6.45) is 2.03. The van der Waals surface area contributed by atoms with E-state index in [1.54, 1.807) is 12.1 Å². The number of hydrogen-bond acceptors (Lipinski definition) is 6. The van der Waals surface area contributed by atoms with Gasteiger partial charge < -0.3 is 14.5 Å². The average molecular weight is 472 g/mol. The summed E-state index contributed by atoms with van der Waals surface area (Å²) >= 11 is 0. The molecule has 178 valence electrons. The Bertz CT molecular complexity index is 1020. The number of ether oxygens (including phenoxy) is 1. The van der Waals surface area contributed by atoms with Gasteiger partial charge in [-0.15, -0.1) is 0 Å². The number of benzene rings is 1. The minimum absolute atomic E-state index is 0.0193. The van der Waals surface area contributed by atoms with Gasteiger partial charge in [-0.05, 0) is 67.2 Å². The van der Waals surface area contributed by atoms with E-state index >= 15 is 0 Å². The van der Waals surface area contributed by atoms with Gasteiger partial charge >= 0.3 is 0 Å². The quantitative estimate of drug-likeness (QED) is 0.462. The molecule has 6 nitrogen and oxygen atoms in total. The maximum Gasteiger partial charge on any atom is 0.239 e. The smallest absolute Gasteiger partial charge is 0.239 e. The standard InChI is InChI=1S/C25H34FN3O3Si/c1-16-24(29-12-11-22(29)32-33(5,6)25(2,3)4)31-23-20(27-16)14-18(21(15-30)28-23)13-17-7-9-19(26)10-8-17/h7-10,14-16,22,24,27H,11-13H2,1-6H3. The summed E-state index contributed by atoms with van der Waals surface area (Å²) < 4.78 is 26.2. The largest absolute Gasteiger partial charge is 0.455 e. The van der Waals surface area contributed by atoms with E-state index in [1.807, 2.05) is 6.07 Å². The highest BCUT2D eigenvalue weighted by Crippen LogP contribution is 2.41. The highest BCUT2D eigenvalue weighted by atomic mass is 28.4. The normalized spacial score (nSPS) is 23.2. The van der Waals surface area contributed by atoms with Crippen molar-refractivity contribution in [3.8, 4) is 5.88 Å². The van der Waals surface area contributed by atoms with Crippen LogP contribution in [0, 0.1) is 5.82 Å². The number of carbonyl (C=O) groups is 1. The minimum atomic E-state index is -1.90. The number of hydrogen-bond donors (Lipinski definition) is 1. The summed E-state index contributed by atoms with van der Waals surface area (Å²) in [5.41, 5.74) is 2.80. The number of aldehydes is 1. The fraction of sp³-hybridized carbons (Fsp3) is 0.520. The Morgan fingerprint density at radius 2 is 2.00 bits per heavy atom. The van der Waals surface area contributed by atoms with Crippen LogP contribution in [0.3, 0.4) is 0 Å². The molecule has 3 atom stereocenters. The number of nitrogens with zero attached hydrogens (tertiary/aromatic N) is 2. The van der Waals surface area contributed by atoms with E-state index in [-0.39, 0.29) is 29.4 Å². The van der Waals surface area contributed by atoms with E-state index in [1.165, 1.54) is 12.1 Å². The number of pyridine rings is 1. The number of halogens is 1. The van der Waals surface area contributed by atoms with Crippen LogP contribution in [0.2, 0.25) is 18.1 Å². The molecule has 1 fully saturated rings. The molecule has 0 bridgehead atoms. The molecule has 1 aromatic heterocycles. The van der Waals surface area contributed by atoms with E-state index in [0.717, 1.165) is 36.1 Å². The number of anilines is 1. The fourth-order valence-corrected chi connectivity index (χ4v) is 5.30. The molecule has 8 heteroatoms. The van der Waals surface area contributed by atoms with Crippen LogP contribution in [0.1, 0.15) is 55.7 Å². The third kappa shape index (κ3) is 4.83. The first-order valence-electron chi connectivity index (χ1n) is 11.6. The lowest BCUT2D eigenvalue weighted by atomic mass is 10.0. The monoisotopic (exact) mass is 471 g/mol. The molecule has 2 aliphatic heterocycles. The van der Waals surface area contributed by atoms with Gasteiger partial charge in [0, 0.05) is 6.54 Å². The SMILES string of the molecule is CC1Nc2cc(Cc3ccc(F)cc3)c(C=O)nc2OC1N1CCC1O[Si](C)(C)C(C)(C)C. The van der Waals surface area contributed by atoms with Crippen LogP contribution < -0.4 is 10.1 Å². The zero-order valence-electron chi connectivity index (χ0n) is 20.3. The Balaban J connectivity index is 1.52. The highest BCUT2D eigenvalue weighted by molar-refractivity contribution is 6.74. The first-order chi connectivity index (χ1) is 15.5. The lowest BCUT2D eigenvalue weighted by Gasteiger charge is -2.52. The molecule has 1 saturated heterocycles. The number of fused-ring (bicyclic) bond motifs is 1. The van der Waals surface area contributed by atoms with Crippen molar-refractivity contribution in [1.82, 2.24) is 9.88 Å². The average Bonchev–Trinajstić information content (AvgIpc) is 2.72. The van der Waals surface area contributed by atoms with Crippen LogP contribution in [-0.4, -0.2) is 49.5 Å². The van der Waals surface area contributed by atoms with Crippen LogP contribution in [-0.2, 0) is 10.8 Å². The van der Waals surface area contributed by atoms with E-state index < -0.39 is 8.32 Å². The molecule has 0 amide bonds. The van der Waals surface area contributed by atoms with Crippen LogP contribution >= 0.6 is 0 Å². The van der Waals surface area contributed by atoms with Crippen LogP contribution in [0.4, 0.5) is 10.1 Å². The van der Waals surface area contributed by atoms with Crippen LogP contribution in [0.15, 0.2) is 30.3 Å². The Morgan fingerprint density at radius 1 is 1.30 bits per heavy atom. The van der Waals surface area contributed by atoms with E-state index in [4.69, 9.17) is 9.16 Å². The Hall–Kier alpha value is -2.29. The van der Waals surface area contributed by atoms with Crippen LogP contribution in [0.5, 0.6) is 5.88 Å². The van der Waals surface area contributed by atoms with Crippen molar-refractivity contribution >= 4 is 20.3 Å². The molecular weight excluding hydrogens is 437 g/mol. The molecule has 1 N–H and O–H groups in total. The second kappa shape index (κ2) is 8.81. The summed E-state index contributed by atoms with van der Waals surface area (Å²) in [4.78, 5) is 18.6. The van der Waals surface area contributed by atoms with Crippen LogP contribution in [0.25, 0.3) is 0 Å². The van der Waals surface area contributed by atoms with E-state index in [9.17, 15) is 9.18 Å². The highest BCUT2D eigenvalue weighted by Gasteiger charge is 2.46. The maximum absolute atomic E-state index is 13.2. The fourth-order valence-electron chi connectivity index (χ4n) is 4.02. The van der Waals surface area contributed by atoms with Crippen molar-refractivity contribution in [2.24, 2.45) is 0 Å². The Kier molecular flexibility index (Phi) is 6.37. The Morgan fingerprint density at radius 3 is 2.58 bits per heavy atom. The van der Waals surface area contributed by atoms with Gasteiger partial charge in [-0.25, -0.2) is 14.3 Å². The van der Waals surface area contributed by atoms with Crippen molar-refractivity contribution in [3.63, 3.8) is 0 Å². The van der Waals surface area contributed by atoms with Crippen molar-refractivity contribution in [3.05, 3.63) is 53.0 Å². The molecule has 3 heterocycles. The van der Waals surface area contributed by atoms with Gasteiger partial charge in [0.1, 0.15) is 17.7 Å². The van der Waals surface area contributed by atoms with Gasteiger partial charge in [0.15, 0.2) is 20.8 Å². The predicted octanol–water partition coefficient (Wildman–Crippen LogP) is 5.20. The summed E-state index contributed by atoms with van der Waals surface area (Å²) in [6, 6.07) is 8.22. The van der Waals surface area contributed by atoms with E-state index in [0.29, 0.717) is 18.0 Å². The summed E-state index contributed by atoms with van der Waals surface area (Å²) in [7, 11) is -1.90. The maximum atomic E-state index is 13.2. The second-order valence-corrected chi connectivity index (χ2v) is 15.4. The molecule has 0 radical (unpaired) electrons. The first-order valence-corrected chi connectivity index (χ1v) is 14.5. The molecule has 2 aromatic rings. The minimum Gasteiger partial charge on any atom is -0.455 e. The van der Waals surface area contributed by atoms with Crippen molar-refractivity contribution in [2.75, 3.05) is 11.9 Å². The number of likely N-dealkylation sites (tertiary alicyclic amines) is 1. The molecule has 1 aromatic carbocycles. The lowest BCUT2D eigenvalue weighted by Crippen LogP contribution is -2.64. The van der Waals surface area contributed by atoms with Crippen molar-refractivity contribution < 1.29 is 18.3 Å². The summed E-state index contributed by atoms with van der Waals surface area (Å²) in [6.45, 7) is 14.2. The predicted molar refractivity (Wildman–Crippen MR) is 130 cm³/mol. The van der Waals surface area contributed by atoms with Gasteiger partial charge in [0.25, 0.3) is 0 Å². The van der Waals surface area contributed by atoms with Gasteiger partial charge in [-0.1, -0.05) is 32.9 Å². The molecule has 0 saturated carbocycles. The second-order valence-electron chi connectivity index (χ2n) is 10.6. The lowest BCUT2D eigenvalue weighted by molar-refractivity contribution is -0.149. The first kappa shape index (κ1) is 23.9. The topological polar surface area (TPSA) is 63.7 Å².